The van der Waals surface area contributed by atoms with Crippen LogP contribution in [0.15, 0.2) is 41.5 Å². The third-order valence-electron chi connectivity index (χ3n) is 5.99. The first-order valence-electron chi connectivity index (χ1n) is 10.1. The van der Waals surface area contributed by atoms with E-state index in [2.05, 4.69) is 20.5 Å². The number of hydrogen-bond acceptors (Lipinski definition) is 4. The van der Waals surface area contributed by atoms with Crippen molar-refractivity contribution in [1.29, 1.82) is 0 Å². The number of nitrogens with one attached hydrogen (secondary N) is 2. The molecule has 2 aliphatic heterocycles. The van der Waals surface area contributed by atoms with Gasteiger partial charge < -0.3 is 10.2 Å². The summed E-state index contributed by atoms with van der Waals surface area (Å²) in [5.74, 6) is -0.671. The average Bonchev–Trinajstić information content (AvgIpc) is 3.11. The molecule has 10 heteroatoms. The summed E-state index contributed by atoms with van der Waals surface area (Å²) in [6.07, 6.45) is 4.86. The number of anilines is 1. The Kier molecular flexibility index (Phi) is 5.13. The van der Waals surface area contributed by atoms with Crippen LogP contribution in [-0.2, 0) is 13.1 Å². The molecule has 2 atom stereocenters. The number of carbonyl (C=O) groups excluding carboxylic acids is 1. The van der Waals surface area contributed by atoms with Crippen LogP contribution in [0.4, 0.5) is 19.3 Å². The van der Waals surface area contributed by atoms with Crippen LogP contribution in [0, 0.1) is 5.82 Å². The van der Waals surface area contributed by atoms with Gasteiger partial charge in [0.15, 0.2) is 0 Å². The van der Waals surface area contributed by atoms with E-state index in [1.165, 1.54) is 30.6 Å². The molecule has 32 heavy (non-hydrogen) atoms. The van der Waals surface area contributed by atoms with E-state index < -0.39 is 18.5 Å². The van der Waals surface area contributed by atoms with Gasteiger partial charge in [0.25, 0.3) is 5.56 Å². The van der Waals surface area contributed by atoms with Gasteiger partial charge in [0, 0.05) is 41.2 Å². The second kappa shape index (κ2) is 7.98. The molecule has 1 aromatic carbocycles. The summed E-state index contributed by atoms with van der Waals surface area (Å²) in [5, 5.41) is 9.39. The molecule has 0 saturated carbocycles. The molecule has 2 aromatic heterocycles. The van der Waals surface area contributed by atoms with Crippen LogP contribution in [0.3, 0.4) is 0 Å². The van der Waals surface area contributed by atoms with Crippen LogP contribution in [-0.4, -0.2) is 32.2 Å². The Morgan fingerprint density at radius 2 is 2.09 bits per heavy atom. The molecule has 2 amide bonds. The molecule has 7 nitrogen and oxygen atoms in total. The molecule has 164 valence electrons. The normalized spacial score (nSPS) is 19.0. The SMILES string of the molecule is O=C(Nc1cc(Cl)c(-c2cncc(CF)c2)cc1F)N1[C@H]2CC[C@@H]1c1n[nH]c(=O)cc1C2. The van der Waals surface area contributed by atoms with Crippen LogP contribution >= 0.6 is 11.6 Å². The monoisotopic (exact) mass is 457 g/mol. The maximum atomic E-state index is 14.9. The number of benzene rings is 1. The number of aromatic amines is 1. The van der Waals surface area contributed by atoms with Gasteiger partial charge in [0.1, 0.15) is 12.5 Å². The Labute approximate surface area is 186 Å². The third kappa shape index (κ3) is 3.52. The fraction of sp³-hybridized carbons (Fsp3) is 0.273. The van der Waals surface area contributed by atoms with Crippen LogP contribution in [0.2, 0.25) is 5.02 Å². The summed E-state index contributed by atoms with van der Waals surface area (Å²) in [6.45, 7) is -0.695. The molecule has 2 bridgehead atoms. The lowest BCUT2D eigenvalue weighted by atomic mass is 9.99. The molecule has 3 aromatic rings. The van der Waals surface area contributed by atoms with Crippen molar-refractivity contribution >= 4 is 23.3 Å². The molecular weight excluding hydrogens is 440 g/mol. The third-order valence-corrected chi connectivity index (χ3v) is 6.30. The lowest BCUT2D eigenvalue weighted by molar-refractivity contribution is 0.177. The zero-order chi connectivity index (χ0) is 22.4. The molecule has 0 aliphatic carbocycles. The molecule has 2 aliphatic rings. The first-order chi connectivity index (χ1) is 15.4. The summed E-state index contributed by atoms with van der Waals surface area (Å²) in [5.41, 5.74) is 2.36. The van der Waals surface area contributed by atoms with E-state index in [-0.39, 0.29) is 28.4 Å². The van der Waals surface area contributed by atoms with E-state index in [0.717, 1.165) is 12.0 Å². The Bertz CT molecular complexity index is 1280. The topological polar surface area (TPSA) is 91.0 Å². The quantitative estimate of drug-likeness (QED) is 0.610. The van der Waals surface area contributed by atoms with Crippen molar-refractivity contribution in [3.63, 3.8) is 0 Å². The minimum Gasteiger partial charge on any atom is -0.313 e. The summed E-state index contributed by atoms with van der Waals surface area (Å²) in [7, 11) is 0. The number of fused-ring (bicyclic) bond motifs is 4. The molecule has 2 N–H and O–H groups in total. The zero-order valence-corrected chi connectivity index (χ0v) is 17.5. The highest BCUT2D eigenvalue weighted by Crippen LogP contribution is 2.42. The molecular formula is C22H18ClF2N5O2. The van der Waals surface area contributed by atoms with Crippen molar-refractivity contribution in [1.82, 2.24) is 20.1 Å². The number of urea groups is 1. The van der Waals surface area contributed by atoms with Crippen LogP contribution in [0.5, 0.6) is 0 Å². The largest absolute Gasteiger partial charge is 0.322 e. The standard InChI is InChI=1S/C22H18ClF2N5O2/c23-16-7-18(17(25)6-15(16)13-3-11(8-24)9-26-10-13)27-22(32)30-14-1-2-19(30)21-12(4-14)5-20(31)28-29-21/h3,5-7,9-10,14,19H,1-2,4,8H2,(H,27,32)(H,28,31)/t14-,19+/m0/s1. The smallest absolute Gasteiger partial charge is 0.313 e. The van der Waals surface area contributed by atoms with Gasteiger partial charge in [-0.25, -0.2) is 18.7 Å². The predicted molar refractivity (Wildman–Crippen MR) is 115 cm³/mol. The van der Waals surface area contributed by atoms with Gasteiger partial charge in [-0.05, 0) is 43.0 Å². The van der Waals surface area contributed by atoms with Gasteiger partial charge in [-0.2, -0.15) is 5.10 Å². The molecule has 4 heterocycles. The van der Waals surface area contributed by atoms with Crippen LogP contribution in [0.1, 0.15) is 35.7 Å². The van der Waals surface area contributed by atoms with E-state index in [1.807, 2.05) is 0 Å². The van der Waals surface area contributed by atoms with E-state index in [1.54, 1.807) is 11.0 Å². The number of alkyl halides is 1. The first-order valence-corrected chi connectivity index (χ1v) is 10.5. The number of aromatic nitrogens is 3. The molecule has 5 rings (SSSR count). The highest BCUT2D eigenvalue weighted by Gasteiger charge is 2.44. The average molecular weight is 458 g/mol. The number of nitrogens with zero attached hydrogens (tertiary/aromatic N) is 3. The van der Waals surface area contributed by atoms with Crippen molar-refractivity contribution in [2.24, 2.45) is 0 Å². The molecule has 0 radical (unpaired) electrons. The number of hydrogen-bond donors (Lipinski definition) is 2. The van der Waals surface area contributed by atoms with Crippen molar-refractivity contribution in [2.75, 3.05) is 5.32 Å². The van der Waals surface area contributed by atoms with Crippen molar-refractivity contribution < 1.29 is 13.6 Å². The minimum atomic E-state index is -0.695. The summed E-state index contributed by atoms with van der Waals surface area (Å²) in [4.78, 5) is 30.3. The van der Waals surface area contributed by atoms with E-state index in [0.29, 0.717) is 35.2 Å². The molecule has 1 fully saturated rings. The lowest BCUT2D eigenvalue weighted by Gasteiger charge is -2.35. The van der Waals surface area contributed by atoms with Crippen molar-refractivity contribution in [3.05, 3.63) is 74.7 Å². The number of halogens is 3. The molecule has 0 spiro atoms. The molecule has 1 saturated heterocycles. The summed E-state index contributed by atoms with van der Waals surface area (Å²) < 4.78 is 27.8. The highest BCUT2D eigenvalue weighted by atomic mass is 35.5. The number of rotatable bonds is 3. The Balaban J connectivity index is 1.41. The zero-order valence-electron chi connectivity index (χ0n) is 16.7. The van der Waals surface area contributed by atoms with Gasteiger partial charge >= 0.3 is 6.03 Å². The fourth-order valence-electron chi connectivity index (χ4n) is 4.57. The van der Waals surface area contributed by atoms with Gasteiger partial charge in [-0.15, -0.1) is 0 Å². The van der Waals surface area contributed by atoms with Gasteiger partial charge in [-0.1, -0.05) is 11.6 Å². The Morgan fingerprint density at radius 3 is 2.91 bits per heavy atom. The van der Waals surface area contributed by atoms with Crippen molar-refractivity contribution in [3.8, 4) is 11.1 Å². The maximum absolute atomic E-state index is 14.9. The van der Waals surface area contributed by atoms with E-state index in [4.69, 9.17) is 11.6 Å². The van der Waals surface area contributed by atoms with Gasteiger partial charge in [0.2, 0.25) is 0 Å². The lowest BCUT2D eigenvalue weighted by Crippen LogP contribution is -2.45. The second-order valence-electron chi connectivity index (χ2n) is 7.96. The van der Waals surface area contributed by atoms with Crippen LogP contribution in [0.25, 0.3) is 11.1 Å². The van der Waals surface area contributed by atoms with Gasteiger partial charge in [-0.3, -0.25) is 9.78 Å². The fourth-order valence-corrected chi connectivity index (χ4v) is 4.84. The maximum Gasteiger partial charge on any atom is 0.322 e. The van der Waals surface area contributed by atoms with Gasteiger partial charge in [0.05, 0.1) is 22.4 Å². The van der Waals surface area contributed by atoms with Crippen molar-refractivity contribution in [2.45, 2.75) is 38.0 Å². The van der Waals surface area contributed by atoms with E-state index >= 15 is 0 Å². The number of carbonyl (C=O) groups is 1. The highest BCUT2D eigenvalue weighted by molar-refractivity contribution is 6.33. The number of pyridine rings is 1. The predicted octanol–water partition coefficient (Wildman–Crippen LogP) is 4.39. The Hall–Kier alpha value is -3.33. The molecule has 0 unspecified atom stereocenters. The first kappa shape index (κ1) is 20.6. The number of amides is 2. The summed E-state index contributed by atoms with van der Waals surface area (Å²) in [6, 6.07) is 4.77. The Morgan fingerprint density at radius 1 is 1.25 bits per heavy atom. The number of H-pyrrole nitrogens is 1. The van der Waals surface area contributed by atoms with E-state index in [9.17, 15) is 18.4 Å². The minimum absolute atomic E-state index is 0.0574. The second-order valence-corrected chi connectivity index (χ2v) is 8.37. The van der Waals surface area contributed by atoms with Crippen LogP contribution < -0.4 is 10.9 Å². The summed E-state index contributed by atoms with van der Waals surface area (Å²) >= 11 is 6.36.